The molecule has 2 aromatic rings. The molecule has 0 radical (unpaired) electrons. The van der Waals surface area contributed by atoms with Crippen molar-refractivity contribution < 1.29 is 5.11 Å². The lowest BCUT2D eigenvalue weighted by atomic mass is 10.0. The highest BCUT2D eigenvalue weighted by Gasteiger charge is 2.09. The number of rotatable bonds is 4. The number of benzene rings is 1. The Hall–Kier alpha value is -1.13. The van der Waals surface area contributed by atoms with Crippen LogP contribution < -0.4 is 0 Å². The van der Waals surface area contributed by atoms with E-state index in [2.05, 4.69) is 21.0 Å². The number of aromatic nitrogens is 2. The number of halogens is 1. The molecular weight excluding hydrogens is 292 g/mol. The fourth-order valence-corrected chi connectivity index (χ4v) is 2.28. The van der Waals surface area contributed by atoms with Crippen LogP contribution in [0, 0.1) is 6.92 Å². The standard InChI is InChI=1S/C14H17BrN2O/c1-10-3-5-12(7-13(10)15)14(18)6-4-11-8-16-17(2)9-11/h3,5,7-9,14,18H,4,6H2,1-2H3. The number of hydrogen-bond acceptors (Lipinski definition) is 2. The van der Waals surface area contributed by atoms with Gasteiger partial charge in [0.2, 0.25) is 0 Å². The summed E-state index contributed by atoms with van der Waals surface area (Å²) in [4.78, 5) is 0. The Morgan fingerprint density at radius 1 is 1.44 bits per heavy atom. The fraction of sp³-hybridized carbons (Fsp3) is 0.357. The van der Waals surface area contributed by atoms with Crippen molar-refractivity contribution in [3.63, 3.8) is 0 Å². The maximum Gasteiger partial charge on any atom is 0.0793 e. The summed E-state index contributed by atoms with van der Waals surface area (Å²) in [5, 5.41) is 14.3. The van der Waals surface area contributed by atoms with Gasteiger partial charge in [-0.15, -0.1) is 0 Å². The lowest BCUT2D eigenvalue weighted by Gasteiger charge is -2.11. The zero-order valence-electron chi connectivity index (χ0n) is 10.6. The molecule has 3 nitrogen and oxygen atoms in total. The zero-order chi connectivity index (χ0) is 13.1. The van der Waals surface area contributed by atoms with E-state index >= 15 is 0 Å². The summed E-state index contributed by atoms with van der Waals surface area (Å²) >= 11 is 3.49. The van der Waals surface area contributed by atoms with Crippen LogP contribution in [0.3, 0.4) is 0 Å². The van der Waals surface area contributed by atoms with Crippen molar-refractivity contribution >= 4 is 15.9 Å². The Morgan fingerprint density at radius 2 is 2.22 bits per heavy atom. The van der Waals surface area contributed by atoms with E-state index in [0.717, 1.165) is 22.0 Å². The molecule has 1 atom stereocenters. The lowest BCUT2D eigenvalue weighted by molar-refractivity contribution is 0.168. The van der Waals surface area contributed by atoms with Crippen LogP contribution in [-0.4, -0.2) is 14.9 Å². The number of aryl methyl sites for hydroxylation is 3. The Balaban J connectivity index is 1.99. The molecule has 1 unspecified atom stereocenters. The van der Waals surface area contributed by atoms with Gasteiger partial charge in [0.1, 0.15) is 0 Å². The maximum absolute atomic E-state index is 10.2. The fourth-order valence-electron chi connectivity index (χ4n) is 1.89. The highest BCUT2D eigenvalue weighted by molar-refractivity contribution is 9.10. The minimum absolute atomic E-state index is 0.429. The molecule has 0 fully saturated rings. The molecule has 18 heavy (non-hydrogen) atoms. The highest BCUT2D eigenvalue weighted by atomic mass is 79.9. The first-order chi connectivity index (χ1) is 8.56. The second-order valence-corrected chi connectivity index (χ2v) is 5.44. The summed E-state index contributed by atoms with van der Waals surface area (Å²) in [5.74, 6) is 0. The van der Waals surface area contributed by atoms with Crippen LogP contribution in [-0.2, 0) is 13.5 Å². The molecule has 0 amide bonds. The minimum Gasteiger partial charge on any atom is -0.388 e. The van der Waals surface area contributed by atoms with Crippen LogP contribution in [0.2, 0.25) is 0 Å². The average molecular weight is 309 g/mol. The maximum atomic E-state index is 10.2. The summed E-state index contributed by atoms with van der Waals surface area (Å²) in [7, 11) is 1.90. The van der Waals surface area contributed by atoms with Crippen molar-refractivity contribution in [3.05, 3.63) is 51.8 Å². The van der Waals surface area contributed by atoms with Crippen LogP contribution in [0.25, 0.3) is 0 Å². The molecule has 0 saturated carbocycles. The van der Waals surface area contributed by atoms with Gasteiger partial charge in [0.15, 0.2) is 0 Å². The molecule has 1 N–H and O–H groups in total. The third kappa shape index (κ3) is 3.21. The van der Waals surface area contributed by atoms with E-state index in [1.165, 1.54) is 5.56 Å². The number of hydrogen-bond donors (Lipinski definition) is 1. The highest BCUT2D eigenvalue weighted by Crippen LogP contribution is 2.24. The average Bonchev–Trinajstić information content (AvgIpc) is 2.75. The summed E-state index contributed by atoms with van der Waals surface area (Å²) in [6.45, 7) is 2.04. The summed E-state index contributed by atoms with van der Waals surface area (Å²) in [6, 6.07) is 5.99. The quantitative estimate of drug-likeness (QED) is 0.942. The summed E-state index contributed by atoms with van der Waals surface area (Å²) in [5.41, 5.74) is 3.29. The molecule has 96 valence electrons. The Labute approximate surface area is 116 Å². The predicted octanol–water partition coefficient (Wildman–Crippen LogP) is 3.16. The van der Waals surface area contributed by atoms with Crippen molar-refractivity contribution in [2.75, 3.05) is 0 Å². The monoisotopic (exact) mass is 308 g/mol. The van der Waals surface area contributed by atoms with Crippen molar-refractivity contribution in [1.82, 2.24) is 9.78 Å². The molecule has 0 aliphatic carbocycles. The molecule has 0 aliphatic rings. The zero-order valence-corrected chi connectivity index (χ0v) is 12.2. The first kappa shape index (κ1) is 13.3. The first-order valence-electron chi connectivity index (χ1n) is 5.98. The van der Waals surface area contributed by atoms with E-state index in [1.807, 2.05) is 44.6 Å². The third-order valence-corrected chi connectivity index (χ3v) is 3.90. The van der Waals surface area contributed by atoms with Crippen molar-refractivity contribution in [2.24, 2.45) is 7.05 Å². The van der Waals surface area contributed by atoms with Gasteiger partial charge in [0.05, 0.1) is 12.3 Å². The molecule has 4 heteroatoms. The normalized spacial score (nSPS) is 12.7. The van der Waals surface area contributed by atoms with E-state index in [4.69, 9.17) is 0 Å². The molecule has 2 rings (SSSR count). The number of aliphatic hydroxyl groups is 1. The lowest BCUT2D eigenvalue weighted by Crippen LogP contribution is -1.99. The molecule has 0 saturated heterocycles. The van der Waals surface area contributed by atoms with Crippen molar-refractivity contribution in [1.29, 1.82) is 0 Å². The largest absolute Gasteiger partial charge is 0.388 e. The summed E-state index contributed by atoms with van der Waals surface area (Å²) in [6.07, 6.45) is 4.94. The summed E-state index contributed by atoms with van der Waals surface area (Å²) < 4.78 is 2.82. The van der Waals surface area contributed by atoms with Crippen LogP contribution in [0.1, 0.15) is 29.2 Å². The van der Waals surface area contributed by atoms with Gasteiger partial charge < -0.3 is 5.11 Å². The Morgan fingerprint density at radius 3 is 2.83 bits per heavy atom. The van der Waals surface area contributed by atoms with E-state index in [-0.39, 0.29) is 0 Å². The molecular formula is C14H17BrN2O. The van der Waals surface area contributed by atoms with Gasteiger partial charge in [-0.05, 0) is 42.5 Å². The molecule has 1 heterocycles. The van der Waals surface area contributed by atoms with Crippen LogP contribution in [0.5, 0.6) is 0 Å². The molecule has 0 aliphatic heterocycles. The van der Waals surface area contributed by atoms with Gasteiger partial charge in [0.25, 0.3) is 0 Å². The SMILES string of the molecule is Cc1ccc(C(O)CCc2cnn(C)c2)cc1Br. The Bertz CT molecular complexity index is 536. The van der Waals surface area contributed by atoms with Gasteiger partial charge in [-0.1, -0.05) is 28.1 Å². The van der Waals surface area contributed by atoms with Crippen molar-refractivity contribution in [3.8, 4) is 0 Å². The second-order valence-electron chi connectivity index (χ2n) is 4.59. The van der Waals surface area contributed by atoms with E-state index in [0.29, 0.717) is 6.42 Å². The topological polar surface area (TPSA) is 38.1 Å². The van der Waals surface area contributed by atoms with E-state index in [9.17, 15) is 5.11 Å². The second kappa shape index (κ2) is 5.67. The smallest absolute Gasteiger partial charge is 0.0793 e. The van der Waals surface area contributed by atoms with Gasteiger partial charge in [-0.25, -0.2) is 0 Å². The van der Waals surface area contributed by atoms with Crippen LogP contribution in [0.4, 0.5) is 0 Å². The van der Waals surface area contributed by atoms with Gasteiger partial charge >= 0.3 is 0 Å². The van der Waals surface area contributed by atoms with E-state index < -0.39 is 6.10 Å². The molecule has 0 spiro atoms. The predicted molar refractivity (Wildman–Crippen MR) is 75.4 cm³/mol. The van der Waals surface area contributed by atoms with Gasteiger partial charge in [0, 0.05) is 17.7 Å². The molecule has 1 aromatic carbocycles. The third-order valence-electron chi connectivity index (χ3n) is 3.05. The minimum atomic E-state index is -0.429. The van der Waals surface area contributed by atoms with Crippen LogP contribution >= 0.6 is 15.9 Å². The first-order valence-corrected chi connectivity index (χ1v) is 6.77. The van der Waals surface area contributed by atoms with Gasteiger partial charge in [-0.2, -0.15) is 5.10 Å². The number of aliphatic hydroxyl groups excluding tert-OH is 1. The van der Waals surface area contributed by atoms with Crippen LogP contribution in [0.15, 0.2) is 35.1 Å². The molecule has 1 aromatic heterocycles. The van der Waals surface area contributed by atoms with Gasteiger partial charge in [-0.3, -0.25) is 4.68 Å². The molecule has 0 bridgehead atoms. The Kier molecular flexibility index (Phi) is 4.19. The van der Waals surface area contributed by atoms with Crippen molar-refractivity contribution in [2.45, 2.75) is 25.9 Å². The number of nitrogens with zero attached hydrogens (tertiary/aromatic N) is 2. The van der Waals surface area contributed by atoms with E-state index in [1.54, 1.807) is 4.68 Å².